The van der Waals surface area contributed by atoms with Crippen LogP contribution in [0.15, 0.2) is 11.4 Å². The molecular formula is C22H39NS. The lowest BCUT2D eigenvalue weighted by molar-refractivity contribution is 0.348. The SMILES string of the molecule is CCC(CC)CCCC(CC)C(N)c1sccc1CC1CCCC1. The van der Waals surface area contributed by atoms with Crippen LogP contribution in [0.25, 0.3) is 0 Å². The van der Waals surface area contributed by atoms with E-state index in [1.807, 2.05) is 11.3 Å². The van der Waals surface area contributed by atoms with Crippen LogP contribution in [-0.2, 0) is 6.42 Å². The van der Waals surface area contributed by atoms with Crippen molar-refractivity contribution in [3.8, 4) is 0 Å². The molecule has 1 aliphatic rings. The second kappa shape index (κ2) is 10.6. The van der Waals surface area contributed by atoms with Crippen LogP contribution in [0.2, 0.25) is 0 Å². The van der Waals surface area contributed by atoms with E-state index in [4.69, 9.17) is 5.73 Å². The Morgan fingerprint density at radius 2 is 1.79 bits per heavy atom. The third-order valence-corrected chi connectivity index (χ3v) is 7.50. The molecule has 1 heterocycles. The Morgan fingerprint density at radius 1 is 1.08 bits per heavy atom. The molecule has 0 aromatic carbocycles. The van der Waals surface area contributed by atoms with Gasteiger partial charge in [-0.15, -0.1) is 11.3 Å². The third-order valence-electron chi connectivity index (χ3n) is 6.44. The Labute approximate surface area is 154 Å². The van der Waals surface area contributed by atoms with Crippen LogP contribution in [0.4, 0.5) is 0 Å². The van der Waals surface area contributed by atoms with E-state index in [0.717, 1.165) is 11.8 Å². The molecular weight excluding hydrogens is 310 g/mol. The van der Waals surface area contributed by atoms with Crippen molar-refractivity contribution in [2.75, 3.05) is 0 Å². The average Bonchev–Trinajstić information content (AvgIpc) is 3.27. The van der Waals surface area contributed by atoms with Gasteiger partial charge in [-0.1, -0.05) is 78.6 Å². The summed E-state index contributed by atoms with van der Waals surface area (Å²) in [5.74, 6) is 2.49. The maximum Gasteiger partial charge on any atom is 0.0421 e. The molecule has 1 nitrogen and oxygen atoms in total. The second-order valence-corrected chi connectivity index (χ2v) is 8.92. The zero-order chi connectivity index (χ0) is 17.4. The van der Waals surface area contributed by atoms with Crippen molar-refractivity contribution in [3.63, 3.8) is 0 Å². The Morgan fingerprint density at radius 3 is 2.42 bits per heavy atom. The minimum absolute atomic E-state index is 0.258. The first-order valence-corrected chi connectivity index (χ1v) is 11.4. The summed E-state index contributed by atoms with van der Waals surface area (Å²) >= 11 is 1.91. The van der Waals surface area contributed by atoms with E-state index in [1.54, 1.807) is 5.56 Å². The number of hydrogen-bond acceptors (Lipinski definition) is 2. The van der Waals surface area contributed by atoms with E-state index in [2.05, 4.69) is 32.2 Å². The van der Waals surface area contributed by atoms with Gasteiger partial charge in [0.05, 0.1) is 0 Å². The molecule has 1 aliphatic carbocycles. The van der Waals surface area contributed by atoms with E-state index in [1.165, 1.54) is 75.5 Å². The molecule has 0 bridgehead atoms. The molecule has 1 fully saturated rings. The topological polar surface area (TPSA) is 26.0 Å². The first-order chi connectivity index (χ1) is 11.7. The molecule has 2 heteroatoms. The van der Waals surface area contributed by atoms with Crippen molar-refractivity contribution in [1.29, 1.82) is 0 Å². The highest BCUT2D eigenvalue weighted by Gasteiger charge is 2.24. The number of hydrogen-bond donors (Lipinski definition) is 1. The van der Waals surface area contributed by atoms with Crippen molar-refractivity contribution in [1.82, 2.24) is 0 Å². The summed E-state index contributed by atoms with van der Waals surface area (Å²) in [4.78, 5) is 1.50. The molecule has 24 heavy (non-hydrogen) atoms. The van der Waals surface area contributed by atoms with Gasteiger partial charge < -0.3 is 5.73 Å². The minimum Gasteiger partial charge on any atom is -0.323 e. The predicted octanol–water partition coefficient (Wildman–Crippen LogP) is 7.11. The summed E-state index contributed by atoms with van der Waals surface area (Å²) in [5, 5.41) is 2.27. The molecule has 0 aliphatic heterocycles. The summed E-state index contributed by atoms with van der Waals surface area (Å²) < 4.78 is 0. The van der Waals surface area contributed by atoms with Gasteiger partial charge in [0, 0.05) is 10.9 Å². The van der Waals surface area contributed by atoms with Gasteiger partial charge in [0.2, 0.25) is 0 Å². The van der Waals surface area contributed by atoms with Crippen molar-refractivity contribution in [2.45, 2.75) is 97.4 Å². The summed E-state index contributed by atoms with van der Waals surface area (Å²) in [5.41, 5.74) is 8.33. The normalized spacial score (nSPS) is 18.4. The predicted molar refractivity (Wildman–Crippen MR) is 109 cm³/mol. The van der Waals surface area contributed by atoms with E-state index >= 15 is 0 Å². The Bertz CT molecular complexity index is 443. The maximum atomic E-state index is 6.76. The summed E-state index contributed by atoms with van der Waals surface area (Å²) in [6.07, 6.45) is 14.9. The zero-order valence-electron chi connectivity index (χ0n) is 16.2. The highest BCUT2D eigenvalue weighted by Crippen LogP contribution is 2.36. The van der Waals surface area contributed by atoms with Gasteiger partial charge in [0.1, 0.15) is 0 Å². The van der Waals surface area contributed by atoms with Crippen molar-refractivity contribution in [2.24, 2.45) is 23.5 Å². The van der Waals surface area contributed by atoms with E-state index in [9.17, 15) is 0 Å². The Hall–Kier alpha value is -0.340. The van der Waals surface area contributed by atoms with Crippen LogP contribution in [0.5, 0.6) is 0 Å². The molecule has 1 saturated carbocycles. The summed E-state index contributed by atoms with van der Waals surface area (Å²) in [6.45, 7) is 6.99. The first kappa shape index (κ1) is 20.0. The van der Waals surface area contributed by atoms with Gasteiger partial charge in [0.15, 0.2) is 0 Å². The zero-order valence-corrected chi connectivity index (χ0v) is 17.0. The van der Waals surface area contributed by atoms with Crippen molar-refractivity contribution < 1.29 is 0 Å². The molecule has 0 amide bonds. The van der Waals surface area contributed by atoms with Gasteiger partial charge in [0.25, 0.3) is 0 Å². The van der Waals surface area contributed by atoms with Crippen LogP contribution < -0.4 is 5.73 Å². The van der Waals surface area contributed by atoms with Crippen molar-refractivity contribution in [3.05, 3.63) is 21.9 Å². The fourth-order valence-electron chi connectivity index (χ4n) is 4.55. The number of nitrogens with two attached hydrogens (primary N) is 1. The molecule has 138 valence electrons. The lowest BCUT2D eigenvalue weighted by atomic mass is 9.86. The highest BCUT2D eigenvalue weighted by atomic mass is 32.1. The Balaban J connectivity index is 1.90. The largest absolute Gasteiger partial charge is 0.323 e. The molecule has 2 rings (SSSR count). The quantitative estimate of drug-likeness (QED) is 0.452. The van der Waals surface area contributed by atoms with Gasteiger partial charge in [-0.2, -0.15) is 0 Å². The molecule has 2 unspecified atom stereocenters. The fraction of sp³-hybridized carbons (Fsp3) is 0.818. The van der Waals surface area contributed by atoms with Crippen LogP contribution >= 0.6 is 11.3 Å². The van der Waals surface area contributed by atoms with E-state index in [-0.39, 0.29) is 6.04 Å². The molecule has 0 saturated heterocycles. The minimum atomic E-state index is 0.258. The van der Waals surface area contributed by atoms with Gasteiger partial charge >= 0.3 is 0 Å². The average molecular weight is 350 g/mol. The first-order valence-electron chi connectivity index (χ1n) is 10.5. The third kappa shape index (κ3) is 5.59. The van der Waals surface area contributed by atoms with Crippen LogP contribution in [0.3, 0.4) is 0 Å². The number of rotatable bonds is 11. The fourth-order valence-corrected chi connectivity index (χ4v) is 5.58. The molecule has 1 aromatic rings. The summed E-state index contributed by atoms with van der Waals surface area (Å²) in [6, 6.07) is 2.61. The molecule has 0 radical (unpaired) electrons. The smallest absolute Gasteiger partial charge is 0.0421 e. The van der Waals surface area contributed by atoms with Crippen molar-refractivity contribution >= 4 is 11.3 Å². The molecule has 1 aromatic heterocycles. The lowest BCUT2D eigenvalue weighted by Crippen LogP contribution is -2.21. The monoisotopic (exact) mass is 349 g/mol. The van der Waals surface area contributed by atoms with E-state index < -0.39 is 0 Å². The second-order valence-electron chi connectivity index (χ2n) is 7.97. The van der Waals surface area contributed by atoms with Crippen LogP contribution in [-0.4, -0.2) is 0 Å². The lowest BCUT2D eigenvalue weighted by Gasteiger charge is -2.24. The molecule has 2 atom stereocenters. The molecule has 2 N–H and O–H groups in total. The van der Waals surface area contributed by atoms with Gasteiger partial charge in [-0.3, -0.25) is 0 Å². The summed E-state index contributed by atoms with van der Waals surface area (Å²) in [7, 11) is 0. The highest BCUT2D eigenvalue weighted by molar-refractivity contribution is 7.10. The Kier molecular flexibility index (Phi) is 8.83. The van der Waals surface area contributed by atoms with E-state index in [0.29, 0.717) is 5.92 Å². The standard InChI is InChI=1S/C22H39NS/c1-4-17(5-2)12-9-13-19(6-3)21(23)22-20(14-15-24-22)16-18-10-7-8-11-18/h14-15,17-19,21H,4-13,16,23H2,1-3H3. The molecule has 0 spiro atoms. The number of thiophene rings is 1. The van der Waals surface area contributed by atoms with Crippen LogP contribution in [0.1, 0.15) is 101 Å². The van der Waals surface area contributed by atoms with Gasteiger partial charge in [-0.25, -0.2) is 0 Å². The van der Waals surface area contributed by atoms with Crippen LogP contribution in [0, 0.1) is 17.8 Å². The maximum absolute atomic E-state index is 6.76. The van der Waals surface area contributed by atoms with Gasteiger partial charge in [-0.05, 0) is 47.6 Å².